The summed E-state index contributed by atoms with van der Waals surface area (Å²) in [5.41, 5.74) is 0. The van der Waals surface area contributed by atoms with Crippen molar-refractivity contribution in [3.63, 3.8) is 0 Å². The van der Waals surface area contributed by atoms with E-state index < -0.39 is 0 Å². The van der Waals surface area contributed by atoms with Gasteiger partial charge in [-0.25, -0.2) is 4.39 Å². The molecule has 0 aliphatic carbocycles. The topological polar surface area (TPSA) is 27.7 Å². The molecule has 1 rings (SSSR count). The normalized spacial score (nSPS) is 10.5. The fourth-order valence-corrected chi connectivity index (χ4v) is 1.44. The third kappa shape index (κ3) is 6.00. The number of halogens is 2. The van der Waals surface area contributed by atoms with Crippen molar-refractivity contribution in [2.75, 3.05) is 33.5 Å². The molecule has 0 atom stereocenters. The van der Waals surface area contributed by atoms with Crippen molar-refractivity contribution < 1.29 is 18.6 Å². The average Bonchev–Trinajstić information content (AvgIpc) is 2.32. The van der Waals surface area contributed by atoms with Crippen molar-refractivity contribution in [3.05, 3.63) is 28.5 Å². The van der Waals surface area contributed by atoms with Gasteiger partial charge in [0.25, 0.3) is 0 Å². The highest BCUT2D eigenvalue weighted by atomic mass is 79.9. The Hall–Kier alpha value is -0.650. The summed E-state index contributed by atoms with van der Waals surface area (Å²) in [5, 5.41) is 0. The van der Waals surface area contributed by atoms with Crippen molar-refractivity contribution in [1.82, 2.24) is 0 Å². The molecule has 0 fully saturated rings. The van der Waals surface area contributed by atoms with Gasteiger partial charge in [-0.15, -0.1) is 0 Å². The standard InChI is InChI=1S/C12H16BrFO3/c1-15-5-2-6-16-7-8-17-10-3-4-11(13)12(14)9-10/h3-4,9H,2,5-8H2,1H3. The molecule has 0 unspecified atom stereocenters. The summed E-state index contributed by atoms with van der Waals surface area (Å²) in [6.07, 6.45) is 0.864. The van der Waals surface area contributed by atoms with Crippen LogP contribution < -0.4 is 4.74 Å². The van der Waals surface area contributed by atoms with Gasteiger partial charge in [-0.2, -0.15) is 0 Å². The number of methoxy groups -OCH3 is 1. The molecule has 0 saturated carbocycles. The Bertz CT molecular complexity index is 334. The predicted octanol–water partition coefficient (Wildman–Crippen LogP) is 3.02. The maximum Gasteiger partial charge on any atom is 0.141 e. The molecule has 0 spiro atoms. The number of rotatable bonds is 8. The van der Waals surface area contributed by atoms with Crippen LogP contribution in [0.25, 0.3) is 0 Å². The molecule has 0 amide bonds. The zero-order valence-electron chi connectivity index (χ0n) is 9.75. The smallest absolute Gasteiger partial charge is 0.141 e. The number of hydrogen-bond donors (Lipinski definition) is 0. The quantitative estimate of drug-likeness (QED) is 0.691. The lowest BCUT2D eigenvalue weighted by atomic mass is 10.3. The summed E-state index contributed by atoms with van der Waals surface area (Å²) < 4.78 is 29.1. The minimum absolute atomic E-state index is 0.330. The van der Waals surface area contributed by atoms with E-state index in [0.29, 0.717) is 36.6 Å². The lowest BCUT2D eigenvalue weighted by Crippen LogP contribution is -2.08. The van der Waals surface area contributed by atoms with Gasteiger partial charge in [0, 0.05) is 26.4 Å². The Kier molecular flexibility index (Phi) is 7.16. The molecule has 5 heteroatoms. The van der Waals surface area contributed by atoms with Crippen molar-refractivity contribution in [2.24, 2.45) is 0 Å². The first-order chi connectivity index (χ1) is 8.24. The van der Waals surface area contributed by atoms with Gasteiger partial charge in [0.1, 0.15) is 18.2 Å². The molecule has 1 aromatic rings. The molecule has 0 radical (unpaired) electrons. The van der Waals surface area contributed by atoms with E-state index in [1.807, 2.05) is 0 Å². The highest BCUT2D eigenvalue weighted by Gasteiger charge is 2.01. The van der Waals surface area contributed by atoms with Crippen LogP contribution in [0.3, 0.4) is 0 Å². The van der Waals surface area contributed by atoms with Crippen molar-refractivity contribution in [1.29, 1.82) is 0 Å². The molecular weight excluding hydrogens is 291 g/mol. The van der Waals surface area contributed by atoms with Crippen LogP contribution in [0, 0.1) is 5.82 Å². The maximum atomic E-state index is 13.1. The molecule has 0 heterocycles. The SMILES string of the molecule is COCCCOCCOc1ccc(Br)c(F)c1. The third-order valence-electron chi connectivity index (χ3n) is 2.02. The zero-order chi connectivity index (χ0) is 12.5. The number of hydrogen-bond acceptors (Lipinski definition) is 3. The summed E-state index contributed by atoms with van der Waals surface area (Å²) in [4.78, 5) is 0. The lowest BCUT2D eigenvalue weighted by Gasteiger charge is -2.07. The van der Waals surface area contributed by atoms with Gasteiger partial charge >= 0.3 is 0 Å². The Balaban J connectivity index is 2.11. The van der Waals surface area contributed by atoms with Gasteiger partial charge in [-0.05, 0) is 34.5 Å². The van der Waals surface area contributed by atoms with Gasteiger partial charge in [0.15, 0.2) is 0 Å². The highest BCUT2D eigenvalue weighted by molar-refractivity contribution is 9.10. The molecule has 0 aromatic heterocycles. The summed E-state index contributed by atoms with van der Waals surface area (Å²) >= 11 is 3.08. The monoisotopic (exact) mass is 306 g/mol. The van der Waals surface area contributed by atoms with Crippen molar-refractivity contribution >= 4 is 15.9 Å². The first-order valence-corrected chi connectivity index (χ1v) is 6.18. The Morgan fingerprint density at radius 2 is 2.00 bits per heavy atom. The van der Waals surface area contributed by atoms with Crippen LogP contribution in [0.5, 0.6) is 5.75 Å². The minimum atomic E-state index is -0.330. The molecule has 1 aromatic carbocycles. The molecule has 0 aliphatic rings. The van der Waals surface area contributed by atoms with E-state index in [1.165, 1.54) is 6.07 Å². The first-order valence-electron chi connectivity index (χ1n) is 5.38. The fraction of sp³-hybridized carbons (Fsp3) is 0.500. The summed E-state index contributed by atoms with van der Waals surface area (Å²) in [6, 6.07) is 4.66. The van der Waals surface area contributed by atoms with Gasteiger partial charge < -0.3 is 14.2 Å². The van der Waals surface area contributed by atoms with E-state index in [-0.39, 0.29) is 5.82 Å². The van der Waals surface area contributed by atoms with Crippen LogP contribution in [0.2, 0.25) is 0 Å². The second-order valence-corrected chi connectivity index (χ2v) is 4.24. The number of ether oxygens (including phenoxy) is 3. The largest absolute Gasteiger partial charge is 0.491 e. The van der Waals surface area contributed by atoms with Gasteiger partial charge in [0.05, 0.1) is 11.1 Å². The molecule has 3 nitrogen and oxygen atoms in total. The second-order valence-electron chi connectivity index (χ2n) is 3.38. The Morgan fingerprint density at radius 1 is 1.18 bits per heavy atom. The molecule has 96 valence electrons. The van der Waals surface area contributed by atoms with Crippen LogP contribution in [-0.2, 0) is 9.47 Å². The lowest BCUT2D eigenvalue weighted by molar-refractivity contribution is 0.0805. The van der Waals surface area contributed by atoms with Crippen LogP contribution >= 0.6 is 15.9 Å². The summed E-state index contributed by atoms with van der Waals surface area (Å²) in [7, 11) is 1.66. The van der Waals surface area contributed by atoms with Gasteiger partial charge in [0.2, 0.25) is 0 Å². The van der Waals surface area contributed by atoms with Crippen LogP contribution in [0.4, 0.5) is 4.39 Å². The molecule has 17 heavy (non-hydrogen) atoms. The minimum Gasteiger partial charge on any atom is -0.491 e. The predicted molar refractivity (Wildman–Crippen MR) is 66.9 cm³/mol. The average molecular weight is 307 g/mol. The highest BCUT2D eigenvalue weighted by Crippen LogP contribution is 2.20. The van der Waals surface area contributed by atoms with E-state index in [0.717, 1.165) is 6.42 Å². The molecule has 0 bridgehead atoms. The molecule has 0 N–H and O–H groups in total. The van der Waals surface area contributed by atoms with E-state index >= 15 is 0 Å². The van der Waals surface area contributed by atoms with E-state index in [9.17, 15) is 4.39 Å². The van der Waals surface area contributed by atoms with Crippen LogP contribution in [-0.4, -0.2) is 33.5 Å². The molecule has 0 saturated heterocycles. The van der Waals surface area contributed by atoms with Crippen molar-refractivity contribution in [2.45, 2.75) is 6.42 Å². The third-order valence-corrected chi connectivity index (χ3v) is 2.67. The van der Waals surface area contributed by atoms with E-state index in [4.69, 9.17) is 14.2 Å². The zero-order valence-corrected chi connectivity index (χ0v) is 11.3. The van der Waals surface area contributed by atoms with Gasteiger partial charge in [-0.3, -0.25) is 0 Å². The second kappa shape index (κ2) is 8.44. The summed E-state index contributed by atoms with van der Waals surface area (Å²) in [5.74, 6) is 0.176. The van der Waals surface area contributed by atoms with Gasteiger partial charge in [-0.1, -0.05) is 0 Å². The Labute approximate surface area is 109 Å². The van der Waals surface area contributed by atoms with Crippen molar-refractivity contribution in [3.8, 4) is 5.75 Å². The molecule has 0 aliphatic heterocycles. The van der Waals surface area contributed by atoms with Crippen LogP contribution in [0.15, 0.2) is 22.7 Å². The van der Waals surface area contributed by atoms with E-state index in [1.54, 1.807) is 19.2 Å². The summed E-state index contributed by atoms with van der Waals surface area (Å²) in [6.45, 7) is 2.24. The van der Waals surface area contributed by atoms with Crippen LogP contribution in [0.1, 0.15) is 6.42 Å². The first kappa shape index (κ1) is 14.4. The molecular formula is C12H16BrFO3. The Morgan fingerprint density at radius 3 is 2.71 bits per heavy atom. The number of benzene rings is 1. The maximum absolute atomic E-state index is 13.1. The van der Waals surface area contributed by atoms with E-state index in [2.05, 4.69) is 15.9 Å². The fourth-order valence-electron chi connectivity index (χ4n) is 1.19.